The summed E-state index contributed by atoms with van der Waals surface area (Å²) in [5.41, 5.74) is 0. The summed E-state index contributed by atoms with van der Waals surface area (Å²) >= 11 is 1.57. The van der Waals surface area contributed by atoms with Gasteiger partial charge in [-0.3, -0.25) is 14.4 Å². The lowest BCUT2D eigenvalue weighted by molar-refractivity contribution is -0.155. The molecule has 0 aliphatic carbocycles. The van der Waals surface area contributed by atoms with Crippen molar-refractivity contribution >= 4 is 29.5 Å². The second kappa shape index (κ2) is 10.9. The van der Waals surface area contributed by atoms with Crippen LogP contribution < -0.4 is 0 Å². The van der Waals surface area contributed by atoms with Gasteiger partial charge in [-0.05, 0) is 32.1 Å². The summed E-state index contributed by atoms with van der Waals surface area (Å²) in [5.74, 6) is -2.06. The van der Waals surface area contributed by atoms with E-state index in [4.69, 9.17) is 4.74 Å². The maximum absolute atomic E-state index is 14.4. The van der Waals surface area contributed by atoms with E-state index in [1.54, 1.807) is 16.7 Å². The number of allylic oxidation sites excluding steroid dienone is 1. The number of nitrogens with zero attached hydrogens (tertiary/aromatic N) is 2. The first-order chi connectivity index (χ1) is 17.3. The molecule has 1 unspecified atom stereocenters. The standard InChI is InChI=1S/C28H42N2O5S/c1-5-7-10-15-29-16-12-14-28-21(22-26(34)35-17-11-8-9-13-27(22,4)36-28)24(32)30(23(28)25(29)33)20(18-31)19(3)6-2/h9,12-14,19-23,31H,5-8,10-11,15-18H2,1-4H3/b13-9-/t19-,20-,21-,22+,23?,27-,28-/m0/s1. The Kier molecular flexibility index (Phi) is 8.25. The Bertz CT molecular complexity index is 922. The molecule has 7 atom stereocenters. The fourth-order valence-corrected chi connectivity index (χ4v) is 8.69. The average Bonchev–Trinajstić information content (AvgIpc) is 3.21. The zero-order valence-corrected chi connectivity index (χ0v) is 23.0. The van der Waals surface area contributed by atoms with Gasteiger partial charge in [0, 0.05) is 17.8 Å². The highest BCUT2D eigenvalue weighted by atomic mass is 32.2. The van der Waals surface area contributed by atoms with Gasteiger partial charge in [0.05, 0.1) is 35.8 Å². The van der Waals surface area contributed by atoms with Crippen LogP contribution in [0.2, 0.25) is 0 Å². The van der Waals surface area contributed by atoms with E-state index in [2.05, 4.69) is 19.1 Å². The molecule has 2 amide bonds. The van der Waals surface area contributed by atoms with Crippen LogP contribution in [0, 0.1) is 17.8 Å². The normalized spacial score (nSPS) is 36.7. The van der Waals surface area contributed by atoms with Gasteiger partial charge >= 0.3 is 5.97 Å². The molecule has 4 aliphatic heterocycles. The lowest BCUT2D eigenvalue weighted by Gasteiger charge is -2.41. The summed E-state index contributed by atoms with van der Waals surface area (Å²) in [6.07, 6.45) is 13.5. The topological polar surface area (TPSA) is 87.2 Å². The minimum atomic E-state index is -0.892. The third kappa shape index (κ3) is 4.42. The molecule has 4 heterocycles. The molecule has 2 saturated heterocycles. The number of esters is 1. The summed E-state index contributed by atoms with van der Waals surface area (Å²) in [6.45, 7) is 9.42. The highest BCUT2D eigenvalue weighted by molar-refractivity contribution is 8.02. The Morgan fingerprint density at radius 3 is 2.61 bits per heavy atom. The average molecular weight is 519 g/mol. The second-order valence-corrected chi connectivity index (χ2v) is 12.8. The fourth-order valence-electron chi connectivity index (χ4n) is 6.55. The minimum Gasteiger partial charge on any atom is -0.465 e. The Morgan fingerprint density at radius 2 is 1.92 bits per heavy atom. The van der Waals surface area contributed by atoms with Crippen LogP contribution in [0.25, 0.3) is 0 Å². The van der Waals surface area contributed by atoms with E-state index in [0.717, 1.165) is 38.5 Å². The number of hydrogen-bond acceptors (Lipinski definition) is 6. The van der Waals surface area contributed by atoms with E-state index >= 15 is 0 Å². The van der Waals surface area contributed by atoms with Gasteiger partial charge in [-0.25, -0.2) is 0 Å². The van der Waals surface area contributed by atoms with Crippen molar-refractivity contribution in [2.24, 2.45) is 17.8 Å². The molecule has 0 bridgehead atoms. The van der Waals surface area contributed by atoms with Crippen LogP contribution in [-0.4, -0.2) is 80.6 Å². The number of likely N-dealkylation sites (tertiary alicyclic amines) is 1. The highest BCUT2D eigenvalue weighted by Gasteiger charge is 2.74. The van der Waals surface area contributed by atoms with E-state index in [1.807, 2.05) is 37.8 Å². The van der Waals surface area contributed by atoms with Crippen LogP contribution in [0.15, 0.2) is 24.3 Å². The molecule has 200 valence electrons. The molecule has 4 aliphatic rings. The first-order valence-corrected chi connectivity index (χ1v) is 14.5. The maximum atomic E-state index is 14.4. The Labute approximate surface area is 219 Å². The number of carbonyl (C=O) groups excluding carboxylic acids is 3. The van der Waals surface area contributed by atoms with E-state index in [9.17, 15) is 19.5 Å². The van der Waals surface area contributed by atoms with Gasteiger partial charge in [0.15, 0.2) is 0 Å². The predicted molar refractivity (Wildman–Crippen MR) is 141 cm³/mol. The number of thioether (sulfide) groups is 1. The number of unbranched alkanes of at least 4 members (excludes halogenated alkanes) is 2. The second-order valence-electron chi connectivity index (χ2n) is 11.0. The zero-order valence-electron chi connectivity index (χ0n) is 22.2. The summed E-state index contributed by atoms with van der Waals surface area (Å²) in [6, 6.07) is -1.25. The number of aliphatic hydroxyl groups excluding tert-OH is 1. The Hall–Kier alpha value is -1.80. The lowest BCUT2D eigenvalue weighted by Crippen LogP contribution is -2.58. The molecule has 8 heteroatoms. The summed E-state index contributed by atoms with van der Waals surface area (Å²) in [7, 11) is 0. The van der Waals surface area contributed by atoms with Crippen molar-refractivity contribution in [2.75, 3.05) is 26.3 Å². The van der Waals surface area contributed by atoms with Crippen LogP contribution in [0.4, 0.5) is 0 Å². The Morgan fingerprint density at radius 1 is 1.14 bits per heavy atom. The van der Waals surface area contributed by atoms with Crippen molar-refractivity contribution in [2.45, 2.75) is 87.8 Å². The quantitative estimate of drug-likeness (QED) is 0.300. The van der Waals surface area contributed by atoms with E-state index in [1.165, 1.54) is 0 Å². The van der Waals surface area contributed by atoms with Crippen molar-refractivity contribution in [3.63, 3.8) is 0 Å². The molecular weight excluding hydrogens is 476 g/mol. The monoisotopic (exact) mass is 518 g/mol. The van der Waals surface area contributed by atoms with Gasteiger partial charge in [-0.2, -0.15) is 0 Å². The van der Waals surface area contributed by atoms with Crippen LogP contribution in [-0.2, 0) is 19.1 Å². The summed E-state index contributed by atoms with van der Waals surface area (Å²) in [4.78, 5) is 45.7. The van der Waals surface area contributed by atoms with Crippen LogP contribution in [0.3, 0.4) is 0 Å². The zero-order chi connectivity index (χ0) is 26.1. The number of hydrogen-bond donors (Lipinski definition) is 1. The van der Waals surface area contributed by atoms with Crippen molar-refractivity contribution in [3.8, 4) is 0 Å². The maximum Gasteiger partial charge on any atom is 0.311 e. The van der Waals surface area contributed by atoms with Crippen molar-refractivity contribution in [1.29, 1.82) is 0 Å². The molecular formula is C28H42N2O5S. The third-order valence-electron chi connectivity index (χ3n) is 8.65. The van der Waals surface area contributed by atoms with Crippen molar-refractivity contribution in [1.82, 2.24) is 9.80 Å². The van der Waals surface area contributed by atoms with Gasteiger partial charge in [0.25, 0.3) is 0 Å². The van der Waals surface area contributed by atoms with Crippen LogP contribution >= 0.6 is 11.8 Å². The molecule has 0 aromatic heterocycles. The molecule has 36 heavy (non-hydrogen) atoms. The minimum absolute atomic E-state index is 0.00663. The highest BCUT2D eigenvalue weighted by Crippen LogP contribution is 2.65. The molecule has 4 rings (SSSR count). The predicted octanol–water partition coefficient (Wildman–Crippen LogP) is 3.56. The molecule has 1 N–H and O–H groups in total. The van der Waals surface area contributed by atoms with Gasteiger partial charge < -0.3 is 19.6 Å². The first kappa shape index (κ1) is 27.2. The number of fused-ring (bicyclic) bond motifs is 2. The summed E-state index contributed by atoms with van der Waals surface area (Å²) in [5, 5.41) is 10.5. The molecule has 7 nitrogen and oxygen atoms in total. The smallest absolute Gasteiger partial charge is 0.311 e. The Balaban J connectivity index is 1.85. The van der Waals surface area contributed by atoms with Gasteiger partial charge in [-0.15, -0.1) is 11.8 Å². The van der Waals surface area contributed by atoms with E-state index < -0.39 is 33.4 Å². The van der Waals surface area contributed by atoms with Crippen LogP contribution in [0.5, 0.6) is 0 Å². The lowest BCUT2D eigenvalue weighted by atomic mass is 9.74. The molecule has 2 fully saturated rings. The van der Waals surface area contributed by atoms with E-state index in [-0.39, 0.29) is 30.3 Å². The molecule has 0 aromatic carbocycles. The van der Waals surface area contributed by atoms with Gasteiger partial charge in [0.2, 0.25) is 11.8 Å². The van der Waals surface area contributed by atoms with Crippen LogP contribution in [0.1, 0.15) is 66.2 Å². The molecule has 0 saturated carbocycles. The number of ether oxygens (including phenoxy) is 1. The third-order valence-corrected chi connectivity index (χ3v) is 10.4. The first-order valence-electron chi connectivity index (χ1n) is 13.7. The van der Waals surface area contributed by atoms with Crippen molar-refractivity contribution < 1.29 is 24.2 Å². The number of amides is 2. The number of aliphatic hydroxyl groups is 1. The SMILES string of the molecule is CCCCCN1CC=C[C@]23S[C@@]4(C)/C=C\CCCOC(=O)[C@H]4[C@H]2C(=O)N([C@@H](CO)[C@@H](C)CC)C3C1=O. The summed E-state index contributed by atoms with van der Waals surface area (Å²) < 4.78 is 4.12. The number of cyclic esters (lactones) is 1. The van der Waals surface area contributed by atoms with E-state index in [0.29, 0.717) is 19.7 Å². The molecule has 0 radical (unpaired) electrons. The van der Waals surface area contributed by atoms with Gasteiger partial charge in [0.1, 0.15) is 6.04 Å². The van der Waals surface area contributed by atoms with Gasteiger partial charge in [-0.1, -0.05) is 64.3 Å². The molecule has 1 spiro atoms. The molecule has 0 aromatic rings. The number of rotatable bonds is 8. The van der Waals surface area contributed by atoms with Crippen molar-refractivity contribution in [3.05, 3.63) is 24.3 Å². The number of carbonyl (C=O) groups is 3. The fraction of sp³-hybridized carbons (Fsp3) is 0.750. The largest absolute Gasteiger partial charge is 0.465 e.